The van der Waals surface area contributed by atoms with Crippen LogP contribution in [0.25, 0.3) is 0 Å². The van der Waals surface area contributed by atoms with Crippen LogP contribution < -0.4 is 0 Å². The average Bonchev–Trinajstić information content (AvgIpc) is 2.18. The zero-order chi connectivity index (χ0) is 13.1. The van der Waals surface area contributed by atoms with Crippen LogP contribution in [-0.4, -0.2) is 29.0 Å². The number of carboxylic acid groups (broad SMARTS) is 1. The first-order valence-corrected chi connectivity index (χ1v) is 5.72. The molecule has 0 aliphatic rings. The van der Waals surface area contributed by atoms with Gasteiger partial charge in [-0.05, 0) is 20.3 Å². The minimum Gasteiger partial charge on any atom is -0.478 e. The highest BCUT2D eigenvalue weighted by atomic mass is 79.9. The Morgan fingerprint density at radius 2 is 1.69 bits per heavy atom. The third-order valence-electron chi connectivity index (χ3n) is 1.22. The number of hydrogen-bond acceptors (Lipinski definition) is 3. The van der Waals surface area contributed by atoms with Crippen LogP contribution in [0.2, 0.25) is 0 Å². The summed E-state index contributed by atoms with van der Waals surface area (Å²) in [6.07, 6.45) is 0.846. The normalized spacial score (nSPS) is 8.44. The molecule has 0 heterocycles. The lowest BCUT2D eigenvalue weighted by molar-refractivity contribution is -0.139. The van der Waals surface area contributed by atoms with Gasteiger partial charge in [-0.25, -0.2) is 9.59 Å². The van der Waals surface area contributed by atoms with E-state index in [0.717, 1.165) is 11.8 Å². The van der Waals surface area contributed by atoms with Crippen molar-refractivity contribution >= 4 is 27.9 Å². The summed E-state index contributed by atoms with van der Waals surface area (Å²) >= 11 is 3.22. The summed E-state index contributed by atoms with van der Waals surface area (Å²) in [6, 6.07) is 0. The number of carbonyl (C=O) groups excluding carboxylic acids is 1. The number of rotatable bonds is 5. The molecule has 0 fully saturated rings. The predicted molar refractivity (Wildman–Crippen MR) is 66.6 cm³/mol. The first-order valence-electron chi connectivity index (χ1n) is 4.60. The molecule has 0 aliphatic carbocycles. The van der Waals surface area contributed by atoms with Crippen molar-refractivity contribution in [3.63, 3.8) is 0 Å². The maximum absolute atomic E-state index is 10.7. The molecule has 0 saturated carbocycles. The lowest BCUT2D eigenvalue weighted by Crippen LogP contribution is -2.06. The minimum absolute atomic E-state index is 0.176. The first kappa shape index (κ1) is 17.3. The topological polar surface area (TPSA) is 63.6 Å². The number of carbonyl (C=O) groups is 2. The summed E-state index contributed by atoms with van der Waals surface area (Å²) in [5.41, 5.74) is 0.629. The summed E-state index contributed by atoms with van der Waals surface area (Å²) in [5, 5.41) is 8.75. The van der Waals surface area contributed by atoms with Crippen LogP contribution in [0.4, 0.5) is 0 Å². The Labute approximate surface area is 104 Å². The number of carboxylic acids is 1. The van der Waals surface area contributed by atoms with Crippen LogP contribution >= 0.6 is 15.9 Å². The van der Waals surface area contributed by atoms with Gasteiger partial charge in [-0.3, -0.25) is 0 Å². The number of ether oxygens (including phenoxy) is 1. The van der Waals surface area contributed by atoms with Gasteiger partial charge in [0.15, 0.2) is 0 Å². The number of esters is 1. The monoisotopic (exact) mass is 292 g/mol. The van der Waals surface area contributed by atoms with Crippen molar-refractivity contribution in [3.8, 4) is 0 Å². The van der Waals surface area contributed by atoms with Crippen LogP contribution in [0.3, 0.4) is 0 Å². The van der Waals surface area contributed by atoms with Gasteiger partial charge in [-0.2, -0.15) is 0 Å². The molecule has 0 aromatic carbocycles. The molecule has 0 spiro atoms. The van der Waals surface area contributed by atoms with Gasteiger partial charge < -0.3 is 9.84 Å². The molecule has 0 unspecified atom stereocenters. The smallest absolute Gasteiger partial charge is 0.333 e. The maximum Gasteiger partial charge on any atom is 0.333 e. The molecule has 16 heavy (non-hydrogen) atoms. The van der Waals surface area contributed by atoms with Gasteiger partial charge in [-0.15, -0.1) is 0 Å². The van der Waals surface area contributed by atoms with Crippen molar-refractivity contribution in [3.05, 3.63) is 24.3 Å². The average molecular weight is 293 g/mol. The van der Waals surface area contributed by atoms with Gasteiger partial charge in [0, 0.05) is 16.5 Å². The fourth-order valence-corrected chi connectivity index (χ4v) is 0.572. The van der Waals surface area contributed by atoms with Crippen molar-refractivity contribution in [2.45, 2.75) is 20.3 Å². The highest BCUT2D eigenvalue weighted by Gasteiger charge is 2.00. The Balaban J connectivity index is 0. The van der Waals surface area contributed by atoms with Crippen LogP contribution in [0.15, 0.2) is 24.3 Å². The fraction of sp³-hybridized carbons (Fsp3) is 0.455. The predicted octanol–water partition coefficient (Wildman–Crippen LogP) is 2.54. The summed E-state index contributed by atoms with van der Waals surface area (Å²) in [6.45, 7) is 10.2. The van der Waals surface area contributed by atoms with Gasteiger partial charge in [0.2, 0.25) is 0 Å². The third-order valence-corrected chi connectivity index (χ3v) is 1.79. The van der Waals surface area contributed by atoms with E-state index in [-0.39, 0.29) is 11.5 Å². The Kier molecular flexibility index (Phi) is 11.3. The molecular weight excluding hydrogens is 276 g/mol. The van der Waals surface area contributed by atoms with Crippen LogP contribution in [0.1, 0.15) is 20.3 Å². The van der Waals surface area contributed by atoms with E-state index in [1.165, 1.54) is 6.92 Å². The molecular formula is C11H17BrO4. The second kappa shape index (κ2) is 10.4. The van der Waals surface area contributed by atoms with E-state index < -0.39 is 5.97 Å². The van der Waals surface area contributed by atoms with Gasteiger partial charge in [0.1, 0.15) is 0 Å². The van der Waals surface area contributed by atoms with Gasteiger partial charge in [0.25, 0.3) is 0 Å². The van der Waals surface area contributed by atoms with E-state index >= 15 is 0 Å². The Hall–Kier alpha value is -1.10. The molecule has 0 radical (unpaired) electrons. The molecule has 5 heteroatoms. The molecule has 0 amide bonds. The fourth-order valence-electron chi connectivity index (χ4n) is 0.343. The molecule has 0 rings (SSSR count). The lowest BCUT2D eigenvalue weighted by atomic mass is 10.4. The number of alkyl halides is 1. The largest absolute Gasteiger partial charge is 0.478 e. The van der Waals surface area contributed by atoms with E-state index in [2.05, 4.69) is 29.1 Å². The van der Waals surface area contributed by atoms with E-state index in [0.29, 0.717) is 12.2 Å². The molecule has 4 nitrogen and oxygen atoms in total. The molecule has 0 bridgehead atoms. The highest BCUT2D eigenvalue weighted by molar-refractivity contribution is 9.09. The van der Waals surface area contributed by atoms with E-state index in [4.69, 9.17) is 9.84 Å². The maximum atomic E-state index is 10.7. The molecule has 0 aromatic heterocycles. The van der Waals surface area contributed by atoms with Crippen LogP contribution in [-0.2, 0) is 14.3 Å². The van der Waals surface area contributed by atoms with Crippen molar-refractivity contribution in [1.29, 1.82) is 0 Å². The highest BCUT2D eigenvalue weighted by Crippen LogP contribution is 1.94. The minimum atomic E-state index is -0.935. The van der Waals surface area contributed by atoms with E-state index in [9.17, 15) is 9.59 Å². The Morgan fingerprint density at radius 3 is 1.94 bits per heavy atom. The van der Waals surface area contributed by atoms with Gasteiger partial charge in [-0.1, -0.05) is 29.1 Å². The van der Waals surface area contributed by atoms with E-state index in [1.807, 2.05) is 0 Å². The summed E-state index contributed by atoms with van der Waals surface area (Å²) in [4.78, 5) is 20.3. The van der Waals surface area contributed by atoms with Crippen molar-refractivity contribution in [1.82, 2.24) is 0 Å². The van der Waals surface area contributed by atoms with Crippen molar-refractivity contribution < 1.29 is 19.4 Å². The van der Waals surface area contributed by atoms with Crippen molar-refractivity contribution in [2.24, 2.45) is 0 Å². The lowest BCUT2D eigenvalue weighted by Gasteiger charge is -2.00. The Bertz CT molecular complexity index is 259. The second-order valence-electron chi connectivity index (χ2n) is 3.04. The van der Waals surface area contributed by atoms with Crippen LogP contribution in [0.5, 0.6) is 0 Å². The number of aliphatic carboxylic acids is 1. The quantitative estimate of drug-likeness (QED) is 0.366. The third kappa shape index (κ3) is 12.9. The molecule has 92 valence electrons. The zero-order valence-electron chi connectivity index (χ0n) is 9.59. The second-order valence-corrected chi connectivity index (χ2v) is 3.84. The summed E-state index contributed by atoms with van der Waals surface area (Å²) in [7, 11) is 0. The first-order chi connectivity index (χ1) is 7.32. The molecule has 0 saturated heterocycles. The SMILES string of the molecule is C=C(C)C(=O)O.C=C(C)C(=O)OCCCBr. The standard InChI is InChI=1S/C7H11BrO2.C4H6O2/c1-6(2)7(9)10-5-3-4-8;1-3(2)4(5)6/h1,3-5H2,2H3;1H2,2H3,(H,5,6). The Morgan fingerprint density at radius 1 is 1.25 bits per heavy atom. The number of hydrogen-bond donors (Lipinski definition) is 1. The van der Waals surface area contributed by atoms with Gasteiger partial charge in [0.05, 0.1) is 6.61 Å². The zero-order valence-corrected chi connectivity index (χ0v) is 11.2. The van der Waals surface area contributed by atoms with E-state index in [1.54, 1.807) is 6.92 Å². The molecule has 0 atom stereocenters. The summed E-state index contributed by atoms with van der Waals surface area (Å²) in [5.74, 6) is -1.24. The number of halogens is 1. The van der Waals surface area contributed by atoms with Crippen molar-refractivity contribution in [2.75, 3.05) is 11.9 Å². The van der Waals surface area contributed by atoms with Gasteiger partial charge >= 0.3 is 11.9 Å². The molecule has 0 aromatic rings. The molecule has 0 aliphatic heterocycles. The molecule has 1 N–H and O–H groups in total. The van der Waals surface area contributed by atoms with Crippen LogP contribution in [0, 0.1) is 0 Å². The summed E-state index contributed by atoms with van der Waals surface area (Å²) < 4.78 is 4.78.